The van der Waals surface area contributed by atoms with Crippen molar-refractivity contribution in [3.63, 3.8) is 0 Å². The average Bonchev–Trinajstić information content (AvgIpc) is 2.44. The summed E-state index contributed by atoms with van der Waals surface area (Å²) in [6.07, 6.45) is -1.28. The van der Waals surface area contributed by atoms with Crippen molar-refractivity contribution in [2.24, 2.45) is 5.73 Å². The second kappa shape index (κ2) is 8.73. The maximum Gasteiger partial charge on any atom is 0.308 e. The molecule has 0 spiro atoms. The van der Waals surface area contributed by atoms with Gasteiger partial charge in [0.2, 0.25) is 6.36 Å². The highest BCUT2D eigenvalue weighted by molar-refractivity contribution is 5.69. The Morgan fingerprint density at radius 2 is 1.95 bits per heavy atom. The van der Waals surface area contributed by atoms with Crippen LogP contribution in [0.15, 0.2) is 12.1 Å². The van der Waals surface area contributed by atoms with Crippen molar-refractivity contribution in [2.45, 2.75) is 44.9 Å². The Hall–Kier alpha value is -1.63. The first-order valence-electron chi connectivity index (χ1n) is 7.07. The van der Waals surface area contributed by atoms with E-state index in [0.29, 0.717) is 12.5 Å². The summed E-state index contributed by atoms with van der Waals surface area (Å²) >= 11 is 0. The van der Waals surface area contributed by atoms with Gasteiger partial charge >= 0.3 is 5.97 Å². The zero-order valence-corrected chi connectivity index (χ0v) is 12.3. The molecule has 0 fully saturated rings. The first kappa shape index (κ1) is 18.4. The second-order valence-electron chi connectivity index (χ2n) is 4.95. The molecule has 1 aromatic carbocycles. The molecule has 0 amide bonds. The van der Waals surface area contributed by atoms with Crippen LogP contribution in [0.2, 0.25) is 0 Å². The van der Waals surface area contributed by atoms with Gasteiger partial charge in [-0.15, -0.1) is 0 Å². The van der Waals surface area contributed by atoms with Crippen LogP contribution >= 0.6 is 0 Å². The van der Waals surface area contributed by atoms with Crippen LogP contribution in [-0.4, -0.2) is 18.9 Å². The Labute approximate surface area is 126 Å². The third-order valence-corrected chi connectivity index (χ3v) is 3.22. The maximum atomic E-state index is 13.7. The van der Waals surface area contributed by atoms with Gasteiger partial charge in [0.05, 0.1) is 0 Å². The lowest BCUT2D eigenvalue weighted by Gasteiger charge is -2.16. The molecule has 3 nitrogen and oxygen atoms in total. The summed E-state index contributed by atoms with van der Waals surface area (Å²) in [6, 6.07) is 1.27. The van der Waals surface area contributed by atoms with Crippen molar-refractivity contribution < 1.29 is 27.1 Å². The molecule has 7 heteroatoms. The largest absolute Gasteiger partial charge is 0.431 e. The predicted molar refractivity (Wildman–Crippen MR) is 73.2 cm³/mol. The van der Waals surface area contributed by atoms with Gasteiger partial charge in [-0.25, -0.2) is 17.6 Å². The van der Waals surface area contributed by atoms with Crippen molar-refractivity contribution in [1.82, 2.24) is 0 Å². The minimum Gasteiger partial charge on any atom is -0.431 e. The molecule has 0 saturated heterocycles. The van der Waals surface area contributed by atoms with Gasteiger partial charge < -0.3 is 10.5 Å². The first-order chi connectivity index (χ1) is 10.4. The first-order valence-corrected chi connectivity index (χ1v) is 7.07. The van der Waals surface area contributed by atoms with Crippen molar-refractivity contribution in [1.29, 1.82) is 0 Å². The molecule has 22 heavy (non-hydrogen) atoms. The number of hydrogen-bond acceptors (Lipinski definition) is 3. The molecule has 2 N–H and O–H groups in total. The maximum absolute atomic E-state index is 13.7. The van der Waals surface area contributed by atoms with Crippen LogP contribution in [0.3, 0.4) is 0 Å². The Kier molecular flexibility index (Phi) is 7.31. The lowest BCUT2D eigenvalue weighted by Crippen LogP contribution is -2.18. The molecule has 0 saturated carbocycles. The van der Waals surface area contributed by atoms with Gasteiger partial charge in [0.25, 0.3) is 0 Å². The number of carbonyl (C=O) groups excluding carboxylic acids is 1. The molecule has 2 atom stereocenters. The van der Waals surface area contributed by atoms with Crippen molar-refractivity contribution in [2.75, 3.05) is 6.54 Å². The minimum atomic E-state index is -1.68. The third kappa shape index (κ3) is 5.29. The van der Waals surface area contributed by atoms with E-state index in [2.05, 4.69) is 4.74 Å². The van der Waals surface area contributed by atoms with Crippen molar-refractivity contribution in [3.05, 3.63) is 35.1 Å². The van der Waals surface area contributed by atoms with Crippen molar-refractivity contribution >= 4 is 5.97 Å². The number of benzene rings is 1. The molecule has 1 aromatic rings. The summed E-state index contributed by atoms with van der Waals surface area (Å²) in [5.41, 5.74) is 5.23. The van der Waals surface area contributed by atoms with Crippen molar-refractivity contribution in [3.8, 4) is 0 Å². The normalized spacial score (nSPS) is 13.7. The Morgan fingerprint density at radius 1 is 1.27 bits per heavy atom. The van der Waals surface area contributed by atoms with E-state index < -0.39 is 35.7 Å². The van der Waals surface area contributed by atoms with Crippen LogP contribution in [0, 0.1) is 17.5 Å². The second-order valence-corrected chi connectivity index (χ2v) is 4.95. The van der Waals surface area contributed by atoms with E-state index in [-0.39, 0.29) is 31.4 Å². The summed E-state index contributed by atoms with van der Waals surface area (Å²) in [6.45, 7) is 1.63. The predicted octanol–water partition coefficient (Wildman–Crippen LogP) is 3.57. The SMILES string of the molecule is CCCC(F)OC(=O)CCC(CN)c1cc(F)cc(F)c1F. The van der Waals surface area contributed by atoms with Crippen LogP contribution in [-0.2, 0) is 9.53 Å². The van der Waals surface area contributed by atoms with Gasteiger partial charge in [-0.05, 0) is 36.9 Å². The number of halogens is 4. The lowest BCUT2D eigenvalue weighted by molar-refractivity contribution is -0.158. The molecule has 0 radical (unpaired) electrons. The number of rotatable bonds is 8. The number of alkyl halides is 1. The van der Waals surface area contributed by atoms with Crippen LogP contribution < -0.4 is 5.73 Å². The van der Waals surface area contributed by atoms with Crippen LogP contribution in [0.25, 0.3) is 0 Å². The standard InChI is InChI=1S/C15H19F4NO2/c1-2-3-13(18)22-14(21)5-4-9(8-20)11-6-10(16)7-12(17)15(11)19/h6-7,9,13H,2-5,8,20H2,1H3. The third-order valence-electron chi connectivity index (χ3n) is 3.22. The summed E-state index contributed by atoms with van der Waals surface area (Å²) in [5.74, 6) is -5.00. The van der Waals surface area contributed by atoms with E-state index in [0.717, 1.165) is 6.07 Å². The van der Waals surface area contributed by atoms with Crippen LogP contribution in [0.1, 0.15) is 44.1 Å². The summed E-state index contributed by atoms with van der Waals surface area (Å²) in [4.78, 5) is 11.5. The summed E-state index contributed by atoms with van der Waals surface area (Å²) in [7, 11) is 0. The Balaban J connectivity index is 2.68. The molecular weight excluding hydrogens is 302 g/mol. The zero-order chi connectivity index (χ0) is 16.7. The van der Waals surface area contributed by atoms with Gasteiger partial charge in [-0.1, -0.05) is 6.92 Å². The van der Waals surface area contributed by atoms with E-state index in [4.69, 9.17) is 5.73 Å². The van der Waals surface area contributed by atoms with E-state index in [9.17, 15) is 22.4 Å². The topological polar surface area (TPSA) is 52.3 Å². The van der Waals surface area contributed by atoms with Crippen LogP contribution in [0.4, 0.5) is 17.6 Å². The fourth-order valence-electron chi connectivity index (χ4n) is 2.05. The van der Waals surface area contributed by atoms with Gasteiger partial charge in [0, 0.05) is 18.9 Å². The van der Waals surface area contributed by atoms with E-state index in [1.807, 2.05) is 0 Å². The van der Waals surface area contributed by atoms with E-state index >= 15 is 0 Å². The summed E-state index contributed by atoms with van der Waals surface area (Å²) < 4.78 is 57.7. The number of carbonyl (C=O) groups is 1. The van der Waals surface area contributed by atoms with Gasteiger partial charge in [-0.2, -0.15) is 0 Å². The number of nitrogens with two attached hydrogens (primary N) is 1. The molecule has 0 aliphatic rings. The number of hydrogen-bond donors (Lipinski definition) is 1. The van der Waals surface area contributed by atoms with Crippen LogP contribution in [0.5, 0.6) is 0 Å². The zero-order valence-electron chi connectivity index (χ0n) is 12.3. The molecule has 0 aromatic heterocycles. The molecule has 1 rings (SSSR count). The lowest BCUT2D eigenvalue weighted by atomic mass is 9.93. The minimum absolute atomic E-state index is 0.00793. The molecule has 0 bridgehead atoms. The average molecular weight is 321 g/mol. The molecule has 124 valence electrons. The Morgan fingerprint density at radius 3 is 2.55 bits per heavy atom. The molecule has 2 unspecified atom stereocenters. The van der Waals surface area contributed by atoms with E-state index in [1.165, 1.54) is 0 Å². The highest BCUT2D eigenvalue weighted by Crippen LogP contribution is 2.26. The van der Waals surface area contributed by atoms with E-state index in [1.54, 1.807) is 6.92 Å². The fraction of sp³-hybridized carbons (Fsp3) is 0.533. The van der Waals surface area contributed by atoms with Gasteiger partial charge in [0.1, 0.15) is 5.82 Å². The summed E-state index contributed by atoms with van der Waals surface area (Å²) in [5, 5.41) is 0. The molecule has 0 aliphatic carbocycles. The number of esters is 1. The van der Waals surface area contributed by atoms with Gasteiger partial charge in [-0.3, -0.25) is 4.79 Å². The monoisotopic (exact) mass is 321 g/mol. The molecule has 0 aliphatic heterocycles. The number of ether oxygens (including phenoxy) is 1. The molecular formula is C15H19F4NO2. The highest BCUT2D eigenvalue weighted by atomic mass is 19.2. The fourth-order valence-corrected chi connectivity index (χ4v) is 2.05. The Bertz CT molecular complexity index is 511. The highest BCUT2D eigenvalue weighted by Gasteiger charge is 2.21. The van der Waals surface area contributed by atoms with Gasteiger partial charge in [0.15, 0.2) is 11.6 Å². The quantitative estimate of drug-likeness (QED) is 0.452. The molecule has 0 heterocycles. The smallest absolute Gasteiger partial charge is 0.308 e.